The monoisotopic (exact) mass is 355 g/mol. The van der Waals surface area contributed by atoms with E-state index in [0.29, 0.717) is 6.54 Å². The fourth-order valence-electron chi connectivity index (χ4n) is 3.17. The van der Waals surface area contributed by atoms with Crippen LogP contribution in [0.1, 0.15) is 25.1 Å². The molecular weight excluding hydrogens is 326 g/mol. The number of hydrogen-bond acceptors (Lipinski definition) is 6. The van der Waals surface area contributed by atoms with E-state index in [0.717, 1.165) is 61.4 Å². The number of fused-ring (bicyclic) bond motifs is 1. The van der Waals surface area contributed by atoms with Gasteiger partial charge >= 0.3 is 0 Å². The van der Waals surface area contributed by atoms with Gasteiger partial charge in [-0.2, -0.15) is 0 Å². The largest absolute Gasteiger partial charge is 0.497 e. The number of nitrogens with zero attached hydrogens (tertiary/aromatic N) is 3. The van der Waals surface area contributed by atoms with Crippen LogP contribution in [0.2, 0.25) is 0 Å². The minimum Gasteiger partial charge on any atom is -0.497 e. The van der Waals surface area contributed by atoms with E-state index in [-0.39, 0.29) is 6.10 Å². The molecule has 1 aliphatic rings. The van der Waals surface area contributed by atoms with Crippen LogP contribution in [0, 0.1) is 0 Å². The summed E-state index contributed by atoms with van der Waals surface area (Å²) in [4.78, 5) is 11.8. The van der Waals surface area contributed by atoms with Crippen molar-refractivity contribution in [3.8, 4) is 0 Å². The van der Waals surface area contributed by atoms with Gasteiger partial charge < -0.3 is 15.4 Å². The maximum atomic E-state index is 5.68. The summed E-state index contributed by atoms with van der Waals surface area (Å²) in [7, 11) is 4.07. The van der Waals surface area contributed by atoms with Crippen LogP contribution < -0.4 is 10.6 Å². The number of allylic oxidation sites excluding steroid dienone is 1. The highest BCUT2D eigenvalue weighted by Gasteiger charge is 2.15. The number of ether oxygens (including phenoxy) is 1. The fourth-order valence-corrected chi connectivity index (χ4v) is 3.17. The van der Waals surface area contributed by atoms with Crippen molar-refractivity contribution < 1.29 is 4.74 Å². The normalized spacial score (nSPS) is 16.8. The number of hydrogen-bond donors (Lipinski definition) is 2. The van der Waals surface area contributed by atoms with Crippen molar-refractivity contribution >= 4 is 16.7 Å². The van der Waals surface area contributed by atoms with Crippen LogP contribution >= 0.6 is 0 Å². The smallest absolute Gasteiger partial charge is 0.145 e. The topological polar surface area (TPSA) is 62.3 Å². The standard InChI is InChI=1S/C20H29N5O/c1-21-11-7-12-22-20-17-9-3-4-10-18(17)23-19(24-20)15-25(2)14-16-8-5-6-13-26-16/h3-4,6,9-10,13,16,21H,5,7-8,11-12,14-15H2,1-2H3,(H,22,23,24). The summed E-state index contributed by atoms with van der Waals surface area (Å²) in [5.41, 5.74) is 0.985. The van der Waals surface area contributed by atoms with E-state index in [1.807, 2.05) is 31.5 Å². The number of anilines is 1. The second-order valence-electron chi connectivity index (χ2n) is 6.79. The summed E-state index contributed by atoms with van der Waals surface area (Å²) in [6, 6.07) is 8.18. The Hall–Kier alpha value is -2.18. The third-order valence-corrected chi connectivity index (χ3v) is 4.49. The molecular formula is C20H29N5O. The molecule has 1 unspecified atom stereocenters. The van der Waals surface area contributed by atoms with Crippen molar-refractivity contribution in [1.29, 1.82) is 0 Å². The van der Waals surface area contributed by atoms with Crippen molar-refractivity contribution in [2.24, 2.45) is 0 Å². The Morgan fingerprint density at radius 3 is 2.92 bits per heavy atom. The predicted molar refractivity (Wildman–Crippen MR) is 106 cm³/mol. The molecule has 1 aromatic carbocycles. The highest BCUT2D eigenvalue weighted by atomic mass is 16.5. The maximum absolute atomic E-state index is 5.68. The van der Waals surface area contributed by atoms with Crippen LogP contribution in [0.3, 0.4) is 0 Å². The Kier molecular flexibility index (Phi) is 6.80. The first kappa shape index (κ1) is 18.6. The summed E-state index contributed by atoms with van der Waals surface area (Å²) < 4.78 is 5.68. The van der Waals surface area contributed by atoms with Gasteiger partial charge in [0.15, 0.2) is 0 Å². The molecule has 26 heavy (non-hydrogen) atoms. The molecule has 0 aliphatic carbocycles. The van der Waals surface area contributed by atoms with Gasteiger partial charge in [0.2, 0.25) is 0 Å². The molecule has 0 amide bonds. The number of para-hydroxylation sites is 1. The fraction of sp³-hybridized carbons (Fsp3) is 0.500. The molecule has 0 fully saturated rings. The van der Waals surface area contributed by atoms with Gasteiger partial charge in [-0.3, -0.25) is 4.90 Å². The first-order valence-electron chi connectivity index (χ1n) is 9.39. The molecule has 140 valence electrons. The number of aromatic nitrogens is 2. The van der Waals surface area contributed by atoms with Crippen molar-refractivity contribution in [3.05, 3.63) is 42.4 Å². The molecule has 2 aromatic rings. The number of nitrogens with one attached hydrogen (secondary N) is 2. The molecule has 6 nitrogen and oxygen atoms in total. The highest BCUT2D eigenvalue weighted by Crippen LogP contribution is 2.21. The lowest BCUT2D eigenvalue weighted by Crippen LogP contribution is -2.31. The van der Waals surface area contributed by atoms with Crippen LogP contribution in [0.5, 0.6) is 0 Å². The lowest BCUT2D eigenvalue weighted by molar-refractivity contribution is 0.0852. The summed E-state index contributed by atoms with van der Waals surface area (Å²) in [5.74, 6) is 1.76. The minimum atomic E-state index is 0.254. The molecule has 3 rings (SSSR count). The Bertz CT molecular complexity index is 733. The summed E-state index contributed by atoms with van der Waals surface area (Å²) in [5, 5.41) is 7.72. The predicted octanol–water partition coefficient (Wildman–Crippen LogP) is 2.78. The number of likely N-dealkylation sites (N-methyl/N-ethyl adjacent to an activating group) is 1. The van der Waals surface area contributed by atoms with Crippen molar-refractivity contribution in [2.75, 3.05) is 39.0 Å². The van der Waals surface area contributed by atoms with E-state index in [1.165, 1.54) is 0 Å². The molecule has 0 saturated carbocycles. The first-order chi connectivity index (χ1) is 12.8. The Morgan fingerprint density at radius 1 is 1.23 bits per heavy atom. The molecule has 1 atom stereocenters. The van der Waals surface area contributed by atoms with Gasteiger partial charge in [-0.1, -0.05) is 12.1 Å². The van der Waals surface area contributed by atoms with Crippen LogP contribution in [-0.4, -0.2) is 54.7 Å². The molecule has 1 aliphatic heterocycles. The van der Waals surface area contributed by atoms with E-state index in [1.54, 1.807) is 0 Å². The average molecular weight is 355 g/mol. The van der Waals surface area contributed by atoms with Gasteiger partial charge in [0.1, 0.15) is 17.7 Å². The zero-order chi connectivity index (χ0) is 18.2. The van der Waals surface area contributed by atoms with Crippen molar-refractivity contribution in [2.45, 2.75) is 31.9 Å². The number of benzene rings is 1. The second-order valence-corrected chi connectivity index (χ2v) is 6.79. The molecule has 0 saturated heterocycles. The maximum Gasteiger partial charge on any atom is 0.145 e. The van der Waals surface area contributed by atoms with Crippen molar-refractivity contribution in [3.63, 3.8) is 0 Å². The van der Waals surface area contributed by atoms with Crippen LogP contribution in [0.25, 0.3) is 10.9 Å². The van der Waals surface area contributed by atoms with Gasteiger partial charge in [0.25, 0.3) is 0 Å². The lowest BCUT2D eigenvalue weighted by atomic mass is 10.1. The second kappa shape index (κ2) is 9.50. The molecule has 1 aromatic heterocycles. The Labute approximate surface area is 155 Å². The zero-order valence-electron chi connectivity index (χ0n) is 15.7. The highest BCUT2D eigenvalue weighted by molar-refractivity contribution is 5.88. The first-order valence-corrected chi connectivity index (χ1v) is 9.39. The summed E-state index contributed by atoms with van der Waals surface area (Å²) in [6.45, 7) is 3.46. The van der Waals surface area contributed by atoms with Crippen LogP contribution in [0.15, 0.2) is 36.6 Å². The quantitative estimate of drug-likeness (QED) is 0.675. The van der Waals surface area contributed by atoms with Crippen LogP contribution in [0.4, 0.5) is 5.82 Å². The van der Waals surface area contributed by atoms with E-state index < -0.39 is 0 Å². The Balaban J connectivity index is 1.69. The zero-order valence-corrected chi connectivity index (χ0v) is 15.7. The SMILES string of the molecule is CNCCCNc1nc(CN(C)CC2CCC=CO2)nc2ccccc12. The van der Waals surface area contributed by atoms with E-state index in [9.17, 15) is 0 Å². The van der Waals surface area contributed by atoms with Gasteiger partial charge in [-0.05, 0) is 58.1 Å². The summed E-state index contributed by atoms with van der Waals surface area (Å²) in [6.07, 6.45) is 7.36. The van der Waals surface area contributed by atoms with Gasteiger partial charge in [0, 0.05) is 18.5 Å². The third-order valence-electron chi connectivity index (χ3n) is 4.49. The molecule has 2 N–H and O–H groups in total. The molecule has 0 bridgehead atoms. The van der Waals surface area contributed by atoms with E-state index in [2.05, 4.69) is 34.7 Å². The van der Waals surface area contributed by atoms with Gasteiger partial charge in [-0.25, -0.2) is 9.97 Å². The summed E-state index contributed by atoms with van der Waals surface area (Å²) >= 11 is 0. The number of rotatable bonds is 9. The third kappa shape index (κ3) is 5.16. The van der Waals surface area contributed by atoms with E-state index >= 15 is 0 Å². The van der Waals surface area contributed by atoms with Crippen LogP contribution in [-0.2, 0) is 11.3 Å². The minimum absolute atomic E-state index is 0.254. The van der Waals surface area contributed by atoms with E-state index in [4.69, 9.17) is 14.7 Å². The molecule has 0 spiro atoms. The molecule has 6 heteroatoms. The molecule has 0 radical (unpaired) electrons. The average Bonchev–Trinajstić information content (AvgIpc) is 2.66. The lowest BCUT2D eigenvalue weighted by Gasteiger charge is -2.25. The van der Waals surface area contributed by atoms with Gasteiger partial charge in [0.05, 0.1) is 18.3 Å². The van der Waals surface area contributed by atoms with Crippen molar-refractivity contribution in [1.82, 2.24) is 20.2 Å². The van der Waals surface area contributed by atoms with Gasteiger partial charge in [-0.15, -0.1) is 0 Å². The Morgan fingerprint density at radius 2 is 2.12 bits per heavy atom. The molecule has 2 heterocycles.